The molecule has 26 heavy (non-hydrogen) atoms. The fourth-order valence-corrected chi connectivity index (χ4v) is 3.59. The number of halogens is 2. The minimum Gasteiger partial charge on any atom is -0.189 e. The number of nitrogens with zero attached hydrogens (tertiary/aromatic N) is 1. The Morgan fingerprint density at radius 2 is 1.73 bits per heavy atom. The molecule has 1 nitrogen and oxygen atoms in total. The fraction of sp³-hybridized carbons (Fsp3) is 0.435. The number of aromatic nitrogens is 1. The fourth-order valence-electron chi connectivity index (χ4n) is 3.59. The van der Waals surface area contributed by atoms with Crippen LogP contribution in [0.15, 0.2) is 36.4 Å². The van der Waals surface area contributed by atoms with Gasteiger partial charge in [0.25, 0.3) is 0 Å². The Balaban J connectivity index is 1.55. The van der Waals surface area contributed by atoms with E-state index >= 15 is 0 Å². The van der Waals surface area contributed by atoms with E-state index in [1.165, 1.54) is 30.0 Å². The van der Waals surface area contributed by atoms with Gasteiger partial charge in [0.05, 0.1) is 5.56 Å². The molecule has 0 bridgehead atoms. The molecule has 0 saturated heterocycles. The van der Waals surface area contributed by atoms with Gasteiger partial charge in [0.15, 0.2) is 0 Å². The monoisotopic (exact) mass is 353 g/mol. The van der Waals surface area contributed by atoms with Crippen LogP contribution in [0.1, 0.15) is 68.1 Å². The van der Waals surface area contributed by atoms with Gasteiger partial charge < -0.3 is 0 Å². The first kappa shape index (κ1) is 18.6. The summed E-state index contributed by atoms with van der Waals surface area (Å²) in [6.07, 6.45) is 7.89. The minimum atomic E-state index is -0.825. The number of hydrogen-bond acceptors (Lipinski definition) is 1. The first-order chi connectivity index (χ1) is 12.7. The van der Waals surface area contributed by atoms with E-state index in [1.54, 1.807) is 0 Å². The SMILES string of the molecule is CCCCc1ccc(C2CCC(C#Cc3ccc(F)nc3F)CC2)cc1. The number of pyridine rings is 1. The third-order valence-electron chi connectivity index (χ3n) is 5.22. The van der Waals surface area contributed by atoms with Crippen LogP contribution in [0.2, 0.25) is 0 Å². The van der Waals surface area contributed by atoms with Gasteiger partial charge in [0.2, 0.25) is 11.9 Å². The molecule has 1 aliphatic carbocycles. The lowest BCUT2D eigenvalue weighted by atomic mass is 9.78. The van der Waals surface area contributed by atoms with E-state index in [2.05, 4.69) is 48.0 Å². The highest BCUT2D eigenvalue weighted by atomic mass is 19.1. The summed E-state index contributed by atoms with van der Waals surface area (Å²) in [7, 11) is 0. The Labute approximate surface area is 154 Å². The van der Waals surface area contributed by atoms with Gasteiger partial charge >= 0.3 is 0 Å². The smallest absolute Gasteiger partial charge is 0.189 e. The van der Waals surface area contributed by atoms with Crippen molar-refractivity contribution in [3.63, 3.8) is 0 Å². The zero-order valence-corrected chi connectivity index (χ0v) is 15.3. The van der Waals surface area contributed by atoms with E-state index in [0.717, 1.165) is 38.2 Å². The molecular formula is C23H25F2N. The second kappa shape index (κ2) is 8.94. The van der Waals surface area contributed by atoms with Crippen molar-refractivity contribution in [3.8, 4) is 11.8 Å². The molecule has 0 N–H and O–H groups in total. The Hall–Kier alpha value is -2.21. The summed E-state index contributed by atoms with van der Waals surface area (Å²) in [5, 5.41) is 0. The van der Waals surface area contributed by atoms with Crippen LogP contribution in [0.4, 0.5) is 8.78 Å². The van der Waals surface area contributed by atoms with Crippen molar-refractivity contribution >= 4 is 0 Å². The zero-order valence-electron chi connectivity index (χ0n) is 15.3. The summed E-state index contributed by atoms with van der Waals surface area (Å²) in [6.45, 7) is 2.22. The van der Waals surface area contributed by atoms with Crippen molar-refractivity contribution in [2.45, 2.75) is 57.8 Å². The van der Waals surface area contributed by atoms with E-state index in [-0.39, 0.29) is 11.5 Å². The molecular weight excluding hydrogens is 328 g/mol. The van der Waals surface area contributed by atoms with Gasteiger partial charge in [-0.25, -0.2) is 0 Å². The second-order valence-electron chi connectivity index (χ2n) is 7.14. The Bertz CT molecular complexity index is 778. The van der Waals surface area contributed by atoms with Crippen LogP contribution >= 0.6 is 0 Å². The minimum absolute atomic E-state index is 0.177. The van der Waals surface area contributed by atoms with Crippen molar-refractivity contribution in [2.24, 2.45) is 5.92 Å². The zero-order chi connectivity index (χ0) is 18.4. The van der Waals surface area contributed by atoms with Crippen molar-refractivity contribution in [1.29, 1.82) is 0 Å². The molecule has 0 aliphatic heterocycles. The maximum Gasteiger partial charge on any atom is 0.231 e. The lowest BCUT2D eigenvalue weighted by molar-refractivity contribution is 0.384. The van der Waals surface area contributed by atoms with Crippen LogP contribution in [0.5, 0.6) is 0 Å². The third kappa shape index (κ3) is 4.91. The Kier molecular flexibility index (Phi) is 6.39. The average molecular weight is 353 g/mol. The predicted molar refractivity (Wildman–Crippen MR) is 101 cm³/mol. The molecule has 1 saturated carbocycles. The van der Waals surface area contributed by atoms with Crippen molar-refractivity contribution in [3.05, 3.63) is 65.0 Å². The molecule has 1 aliphatic rings. The Morgan fingerprint density at radius 1 is 1.00 bits per heavy atom. The average Bonchev–Trinajstić information content (AvgIpc) is 2.66. The molecule has 1 aromatic carbocycles. The van der Waals surface area contributed by atoms with Crippen LogP contribution in [0.3, 0.4) is 0 Å². The third-order valence-corrected chi connectivity index (χ3v) is 5.22. The Morgan fingerprint density at radius 3 is 2.38 bits per heavy atom. The van der Waals surface area contributed by atoms with Crippen molar-refractivity contribution in [1.82, 2.24) is 4.98 Å². The molecule has 3 rings (SSSR count). The van der Waals surface area contributed by atoms with Gasteiger partial charge in [-0.1, -0.05) is 49.5 Å². The molecule has 0 radical (unpaired) electrons. The van der Waals surface area contributed by atoms with Crippen LogP contribution in [-0.4, -0.2) is 4.98 Å². The summed E-state index contributed by atoms with van der Waals surface area (Å²) >= 11 is 0. The van der Waals surface area contributed by atoms with Gasteiger partial charge in [-0.2, -0.15) is 13.8 Å². The van der Waals surface area contributed by atoms with E-state index in [9.17, 15) is 8.78 Å². The predicted octanol–water partition coefficient (Wildman–Crippen LogP) is 6.03. The van der Waals surface area contributed by atoms with Crippen LogP contribution in [0, 0.1) is 29.7 Å². The molecule has 0 atom stereocenters. The number of hydrogen-bond donors (Lipinski definition) is 0. The van der Waals surface area contributed by atoms with Gasteiger partial charge in [-0.05, 0) is 67.7 Å². The quantitative estimate of drug-likeness (QED) is 0.483. The van der Waals surface area contributed by atoms with Crippen LogP contribution < -0.4 is 0 Å². The number of rotatable bonds is 4. The molecule has 2 aromatic rings. The number of aryl methyl sites for hydroxylation is 1. The molecule has 1 aromatic heterocycles. The molecule has 1 heterocycles. The van der Waals surface area contributed by atoms with Crippen molar-refractivity contribution < 1.29 is 8.78 Å². The molecule has 0 amide bonds. The van der Waals surface area contributed by atoms with Gasteiger partial charge in [-0.3, -0.25) is 0 Å². The molecule has 0 spiro atoms. The first-order valence-electron chi connectivity index (χ1n) is 9.58. The van der Waals surface area contributed by atoms with E-state index in [1.807, 2.05) is 0 Å². The van der Waals surface area contributed by atoms with E-state index in [4.69, 9.17) is 0 Å². The highest BCUT2D eigenvalue weighted by Gasteiger charge is 2.21. The van der Waals surface area contributed by atoms with Gasteiger partial charge in [0.1, 0.15) is 0 Å². The summed E-state index contributed by atoms with van der Waals surface area (Å²) in [4.78, 5) is 3.18. The van der Waals surface area contributed by atoms with Gasteiger partial charge in [0, 0.05) is 5.92 Å². The topological polar surface area (TPSA) is 12.9 Å². The largest absolute Gasteiger partial charge is 0.231 e. The van der Waals surface area contributed by atoms with Crippen LogP contribution in [0.25, 0.3) is 0 Å². The molecule has 136 valence electrons. The number of benzene rings is 1. The maximum atomic E-state index is 13.5. The standard InChI is InChI=1S/C23H25F2N/c1-2-3-4-17-5-10-19(11-6-17)20-12-7-18(8-13-20)9-14-21-15-16-22(24)26-23(21)25/h5-6,10-11,15-16,18,20H,2-4,7-8,12-13H2,1H3. The van der Waals surface area contributed by atoms with E-state index < -0.39 is 11.9 Å². The van der Waals surface area contributed by atoms with Crippen molar-refractivity contribution in [2.75, 3.05) is 0 Å². The summed E-state index contributed by atoms with van der Waals surface area (Å²) in [6, 6.07) is 11.6. The summed E-state index contributed by atoms with van der Waals surface area (Å²) in [5.41, 5.74) is 3.02. The highest BCUT2D eigenvalue weighted by Crippen LogP contribution is 2.35. The van der Waals surface area contributed by atoms with E-state index in [0.29, 0.717) is 5.92 Å². The molecule has 0 unspecified atom stereocenters. The summed E-state index contributed by atoms with van der Waals surface area (Å²) in [5.74, 6) is 5.22. The molecule has 1 fully saturated rings. The normalized spacial score (nSPS) is 19.7. The van der Waals surface area contributed by atoms with Gasteiger partial charge in [-0.15, -0.1) is 0 Å². The number of unbranched alkanes of at least 4 members (excludes halogenated alkanes) is 1. The maximum absolute atomic E-state index is 13.5. The highest BCUT2D eigenvalue weighted by molar-refractivity contribution is 5.33. The molecule has 3 heteroatoms. The lowest BCUT2D eigenvalue weighted by Crippen LogP contribution is -2.12. The second-order valence-corrected chi connectivity index (χ2v) is 7.14. The first-order valence-corrected chi connectivity index (χ1v) is 9.58. The lowest BCUT2D eigenvalue weighted by Gasteiger charge is -2.26. The van der Waals surface area contributed by atoms with Crippen LogP contribution in [-0.2, 0) is 6.42 Å². The summed E-state index contributed by atoms with van der Waals surface area (Å²) < 4.78 is 26.4.